The van der Waals surface area contributed by atoms with Gasteiger partial charge in [0, 0.05) is 23.8 Å². The number of nitrogens with zero attached hydrogens (tertiary/aromatic N) is 1. The van der Waals surface area contributed by atoms with E-state index in [2.05, 4.69) is 10.3 Å². The van der Waals surface area contributed by atoms with Crippen LogP contribution in [0.4, 0.5) is 0 Å². The molecule has 0 amide bonds. The molecular weight excluding hydrogens is 312 g/mol. The van der Waals surface area contributed by atoms with Crippen molar-refractivity contribution in [2.24, 2.45) is 0 Å². The van der Waals surface area contributed by atoms with Crippen LogP contribution in [0.2, 0.25) is 5.02 Å². The number of aliphatic hydroxyl groups is 1. The first kappa shape index (κ1) is 16.2. The highest BCUT2D eigenvalue weighted by molar-refractivity contribution is 6.30. The number of benzene rings is 1. The number of aromatic nitrogens is 1. The zero-order chi connectivity index (χ0) is 16.3. The lowest BCUT2D eigenvalue weighted by Gasteiger charge is -2.37. The number of rotatable bonds is 4. The van der Waals surface area contributed by atoms with Crippen LogP contribution in [-0.4, -0.2) is 21.2 Å². The standard InChI is InChI=1S/C18H21ClN2O2/c19-14-4-1-3-13(11-14)18(23)8-6-15(7-9-18)21-12-16-17(22)5-2-10-20-16/h1-5,10-11,15,21-23H,6-9,12H2. The predicted molar refractivity (Wildman–Crippen MR) is 90.3 cm³/mol. The average molecular weight is 333 g/mol. The molecule has 5 heteroatoms. The van der Waals surface area contributed by atoms with E-state index in [-0.39, 0.29) is 5.75 Å². The third-order valence-electron chi connectivity index (χ3n) is 4.60. The first-order chi connectivity index (χ1) is 11.1. The molecule has 2 aromatic rings. The van der Waals surface area contributed by atoms with Crippen molar-refractivity contribution in [2.45, 2.75) is 43.9 Å². The molecule has 0 bridgehead atoms. The van der Waals surface area contributed by atoms with E-state index in [0.717, 1.165) is 18.4 Å². The van der Waals surface area contributed by atoms with Crippen LogP contribution in [0.25, 0.3) is 0 Å². The van der Waals surface area contributed by atoms with Gasteiger partial charge in [0.05, 0.1) is 11.3 Å². The first-order valence-corrected chi connectivity index (χ1v) is 8.29. The summed E-state index contributed by atoms with van der Waals surface area (Å²) in [5, 5.41) is 24.7. The Kier molecular flexibility index (Phi) is 4.85. The summed E-state index contributed by atoms with van der Waals surface area (Å²) in [6.07, 6.45) is 4.81. The number of aromatic hydroxyl groups is 1. The third kappa shape index (κ3) is 3.83. The minimum Gasteiger partial charge on any atom is -0.506 e. The molecule has 23 heavy (non-hydrogen) atoms. The molecule has 0 saturated heterocycles. The van der Waals surface area contributed by atoms with Crippen LogP contribution in [0, 0.1) is 0 Å². The van der Waals surface area contributed by atoms with Crippen molar-refractivity contribution in [3.63, 3.8) is 0 Å². The van der Waals surface area contributed by atoms with Gasteiger partial charge in [0.15, 0.2) is 0 Å². The second-order valence-electron chi connectivity index (χ2n) is 6.17. The zero-order valence-electron chi connectivity index (χ0n) is 12.9. The van der Waals surface area contributed by atoms with E-state index < -0.39 is 5.60 Å². The molecule has 0 radical (unpaired) electrons. The Labute approximate surface area is 141 Å². The Bertz CT molecular complexity index is 670. The smallest absolute Gasteiger partial charge is 0.138 e. The van der Waals surface area contributed by atoms with Gasteiger partial charge in [0.2, 0.25) is 0 Å². The van der Waals surface area contributed by atoms with Gasteiger partial charge in [-0.15, -0.1) is 0 Å². The Balaban J connectivity index is 1.57. The molecule has 1 aromatic heterocycles. The van der Waals surface area contributed by atoms with E-state index in [1.807, 2.05) is 24.3 Å². The summed E-state index contributed by atoms with van der Waals surface area (Å²) in [5.41, 5.74) is 0.755. The highest BCUT2D eigenvalue weighted by Gasteiger charge is 2.34. The van der Waals surface area contributed by atoms with Gasteiger partial charge in [-0.05, 0) is 55.5 Å². The SMILES string of the molecule is Oc1cccnc1CNC1CCC(O)(c2cccc(Cl)c2)CC1. The fourth-order valence-electron chi connectivity index (χ4n) is 3.17. The fourth-order valence-corrected chi connectivity index (χ4v) is 3.36. The number of hydrogen-bond acceptors (Lipinski definition) is 4. The first-order valence-electron chi connectivity index (χ1n) is 7.91. The molecule has 3 N–H and O–H groups in total. The molecule has 122 valence electrons. The minimum absolute atomic E-state index is 0.214. The summed E-state index contributed by atoms with van der Waals surface area (Å²) in [6, 6.07) is 11.2. The highest BCUT2D eigenvalue weighted by atomic mass is 35.5. The molecule has 1 aliphatic rings. The topological polar surface area (TPSA) is 65.4 Å². The quantitative estimate of drug-likeness (QED) is 0.803. The monoisotopic (exact) mass is 332 g/mol. The van der Waals surface area contributed by atoms with Crippen molar-refractivity contribution >= 4 is 11.6 Å². The van der Waals surface area contributed by atoms with Gasteiger partial charge in [0.1, 0.15) is 5.75 Å². The van der Waals surface area contributed by atoms with E-state index in [9.17, 15) is 10.2 Å². The van der Waals surface area contributed by atoms with E-state index in [4.69, 9.17) is 11.6 Å². The molecule has 0 spiro atoms. The van der Waals surface area contributed by atoms with Crippen LogP contribution in [0.1, 0.15) is 36.9 Å². The van der Waals surface area contributed by atoms with E-state index in [1.54, 1.807) is 18.3 Å². The molecule has 0 atom stereocenters. The summed E-state index contributed by atoms with van der Waals surface area (Å²) in [5.74, 6) is 0.214. The van der Waals surface area contributed by atoms with Gasteiger partial charge in [-0.3, -0.25) is 4.98 Å². The van der Waals surface area contributed by atoms with Crippen molar-refractivity contribution < 1.29 is 10.2 Å². The van der Waals surface area contributed by atoms with Gasteiger partial charge < -0.3 is 15.5 Å². The van der Waals surface area contributed by atoms with Crippen molar-refractivity contribution in [3.8, 4) is 5.75 Å². The minimum atomic E-state index is -0.795. The van der Waals surface area contributed by atoms with Crippen LogP contribution < -0.4 is 5.32 Å². The van der Waals surface area contributed by atoms with Crippen molar-refractivity contribution in [2.75, 3.05) is 0 Å². The number of nitrogens with one attached hydrogen (secondary N) is 1. The molecule has 0 unspecified atom stereocenters. The van der Waals surface area contributed by atoms with Crippen LogP contribution in [-0.2, 0) is 12.1 Å². The average Bonchev–Trinajstić information content (AvgIpc) is 2.56. The maximum atomic E-state index is 10.9. The molecule has 4 nitrogen and oxygen atoms in total. The van der Waals surface area contributed by atoms with Crippen molar-refractivity contribution in [1.29, 1.82) is 0 Å². The maximum Gasteiger partial charge on any atom is 0.138 e. The molecule has 1 saturated carbocycles. The van der Waals surface area contributed by atoms with Gasteiger partial charge >= 0.3 is 0 Å². The van der Waals surface area contributed by atoms with Crippen LogP contribution in [0.5, 0.6) is 5.75 Å². The molecule has 1 heterocycles. The normalized spacial score (nSPS) is 24.5. The lowest BCUT2D eigenvalue weighted by molar-refractivity contribution is -0.00851. The van der Waals surface area contributed by atoms with Crippen molar-refractivity contribution in [1.82, 2.24) is 10.3 Å². The molecule has 3 rings (SSSR count). The summed E-state index contributed by atoms with van der Waals surface area (Å²) in [7, 11) is 0. The Morgan fingerprint density at radius 2 is 2.00 bits per heavy atom. The van der Waals surface area contributed by atoms with Gasteiger partial charge in [-0.2, -0.15) is 0 Å². The van der Waals surface area contributed by atoms with Crippen LogP contribution >= 0.6 is 11.6 Å². The largest absolute Gasteiger partial charge is 0.506 e. The van der Waals surface area contributed by atoms with E-state index >= 15 is 0 Å². The lowest BCUT2D eigenvalue weighted by atomic mass is 9.78. The molecule has 0 aliphatic heterocycles. The van der Waals surface area contributed by atoms with E-state index in [1.165, 1.54) is 0 Å². The Hall–Kier alpha value is -1.62. The van der Waals surface area contributed by atoms with Crippen molar-refractivity contribution in [3.05, 3.63) is 58.9 Å². The summed E-state index contributed by atoms with van der Waals surface area (Å²) >= 11 is 6.03. The van der Waals surface area contributed by atoms with Gasteiger partial charge in [-0.1, -0.05) is 23.7 Å². The molecule has 1 aromatic carbocycles. The molecule has 1 aliphatic carbocycles. The number of halogens is 1. The summed E-state index contributed by atoms with van der Waals surface area (Å²) in [6.45, 7) is 0.535. The zero-order valence-corrected chi connectivity index (χ0v) is 13.6. The maximum absolute atomic E-state index is 10.9. The fraction of sp³-hybridized carbons (Fsp3) is 0.389. The molecule has 1 fully saturated rings. The van der Waals surface area contributed by atoms with Gasteiger partial charge in [-0.25, -0.2) is 0 Å². The molecular formula is C18H21ClN2O2. The second kappa shape index (κ2) is 6.87. The summed E-state index contributed by atoms with van der Waals surface area (Å²) in [4.78, 5) is 4.17. The van der Waals surface area contributed by atoms with Gasteiger partial charge in [0.25, 0.3) is 0 Å². The third-order valence-corrected chi connectivity index (χ3v) is 4.83. The highest BCUT2D eigenvalue weighted by Crippen LogP contribution is 2.38. The predicted octanol–water partition coefficient (Wildman–Crippen LogP) is 3.36. The number of pyridine rings is 1. The summed E-state index contributed by atoms with van der Waals surface area (Å²) < 4.78 is 0. The lowest BCUT2D eigenvalue weighted by Crippen LogP contribution is -2.39. The van der Waals surface area contributed by atoms with Crippen LogP contribution in [0.15, 0.2) is 42.6 Å². The van der Waals surface area contributed by atoms with Crippen LogP contribution in [0.3, 0.4) is 0 Å². The Morgan fingerprint density at radius 1 is 1.22 bits per heavy atom. The second-order valence-corrected chi connectivity index (χ2v) is 6.60. The number of hydrogen-bond donors (Lipinski definition) is 3. The van der Waals surface area contributed by atoms with E-state index in [0.29, 0.717) is 36.1 Å². The Morgan fingerprint density at radius 3 is 2.70 bits per heavy atom.